The Bertz CT molecular complexity index is 1090. The minimum absolute atomic E-state index is 0.0651. The van der Waals surface area contributed by atoms with Crippen molar-refractivity contribution in [3.05, 3.63) is 53.6 Å². The first-order valence-corrected chi connectivity index (χ1v) is 10.8. The van der Waals surface area contributed by atoms with E-state index in [0.29, 0.717) is 17.3 Å². The minimum Gasteiger partial charge on any atom is -0.494 e. The van der Waals surface area contributed by atoms with Gasteiger partial charge in [0.2, 0.25) is 11.7 Å². The van der Waals surface area contributed by atoms with Crippen molar-refractivity contribution in [3.63, 3.8) is 0 Å². The van der Waals surface area contributed by atoms with Crippen LogP contribution in [-0.4, -0.2) is 35.4 Å². The molecule has 0 unspecified atom stereocenters. The van der Waals surface area contributed by atoms with Crippen LogP contribution in [0.2, 0.25) is 0 Å². The fourth-order valence-corrected chi connectivity index (χ4v) is 3.78. The first-order valence-electron chi connectivity index (χ1n) is 9.99. The van der Waals surface area contributed by atoms with Crippen molar-refractivity contribution in [1.82, 2.24) is 4.98 Å². The summed E-state index contributed by atoms with van der Waals surface area (Å²) < 4.78 is 11.5. The number of esters is 1. The Morgan fingerprint density at radius 1 is 1.10 bits per heavy atom. The van der Waals surface area contributed by atoms with Crippen LogP contribution in [0.25, 0.3) is 10.2 Å². The van der Waals surface area contributed by atoms with Crippen LogP contribution in [-0.2, 0) is 14.3 Å². The van der Waals surface area contributed by atoms with Gasteiger partial charge < -0.3 is 14.8 Å². The molecule has 1 aromatic heterocycles. The number of amides is 1. The number of thiazole rings is 1. The van der Waals surface area contributed by atoms with E-state index in [1.807, 2.05) is 44.2 Å². The van der Waals surface area contributed by atoms with E-state index >= 15 is 0 Å². The van der Waals surface area contributed by atoms with Crippen LogP contribution >= 0.6 is 11.3 Å². The molecule has 0 fully saturated rings. The predicted molar refractivity (Wildman–Crippen MR) is 120 cm³/mol. The second-order valence-corrected chi connectivity index (χ2v) is 8.02. The van der Waals surface area contributed by atoms with Crippen molar-refractivity contribution in [1.29, 1.82) is 0 Å². The van der Waals surface area contributed by atoms with E-state index in [-0.39, 0.29) is 24.5 Å². The molecule has 0 aliphatic heterocycles. The molecule has 1 heterocycles. The molecule has 3 rings (SSSR count). The highest BCUT2D eigenvalue weighted by Crippen LogP contribution is 2.29. The number of anilines is 1. The molecule has 31 heavy (non-hydrogen) atoms. The van der Waals surface area contributed by atoms with Crippen LogP contribution in [0, 0.1) is 6.92 Å². The summed E-state index contributed by atoms with van der Waals surface area (Å²) in [5.74, 6) is -0.486. The fourth-order valence-electron chi connectivity index (χ4n) is 2.87. The van der Waals surface area contributed by atoms with Crippen molar-refractivity contribution < 1.29 is 23.9 Å². The van der Waals surface area contributed by atoms with Crippen LogP contribution in [0.1, 0.15) is 42.6 Å². The Balaban J connectivity index is 1.48. The Kier molecular flexibility index (Phi) is 7.36. The van der Waals surface area contributed by atoms with Gasteiger partial charge in [0.25, 0.3) is 0 Å². The molecule has 0 aliphatic rings. The second-order valence-electron chi connectivity index (χ2n) is 6.99. The SMILES string of the molecule is CCOc1ccc2nc(NC(=O)CCC(=O)O[C@@H](C)C(=O)c3ccc(C)cc3)sc2c1. The van der Waals surface area contributed by atoms with Gasteiger partial charge >= 0.3 is 5.97 Å². The zero-order valence-electron chi connectivity index (χ0n) is 17.6. The molecule has 7 nitrogen and oxygen atoms in total. The number of ether oxygens (including phenoxy) is 2. The first-order chi connectivity index (χ1) is 14.9. The number of carbonyl (C=O) groups excluding carboxylic acids is 3. The highest BCUT2D eigenvalue weighted by molar-refractivity contribution is 7.22. The average molecular weight is 441 g/mol. The summed E-state index contributed by atoms with van der Waals surface area (Å²) in [6, 6.07) is 12.6. The Morgan fingerprint density at radius 2 is 1.84 bits per heavy atom. The summed E-state index contributed by atoms with van der Waals surface area (Å²) in [5, 5.41) is 3.15. The molecule has 162 valence electrons. The minimum atomic E-state index is -0.915. The molecule has 0 bridgehead atoms. The maximum atomic E-state index is 12.3. The molecule has 0 aliphatic carbocycles. The Labute approximate surface area is 184 Å². The smallest absolute Gasteiger partial charge is 0.307 e. The van der Waals surface area contributed by atoms with Gasteiger partial charge in [0, 0.05) is 12.0 Å². The lowest BCUT2D eigenvalue weighted by atomic mass is 10.1. The largest absolute Gasteiger partial charge is 0.494 e. The third-order valence-electron chi connectivity index (χ3n) is 4.49. The number of nitrogens with one attached hydrogen (secondary N) is 1. The van der Waals surface area contributed by atoms with E-state index in [4.69, 9.17) is 9.47 Å². The first kappa shape index (κ1) is 22.4. The molecule has 0 saturated carbocycles. The number of Topliss-reactive ketones (excluding diaryl/α,β-unsaturated/α-hetero) is 1. The van der Waals surface area contributed by atoms with Crippen molar-refractivity contribution in [2.45, 2.75) is 39.7 Å². The molecule has 1 atom stereocenters. The van der Waals surface area contributed by atoms with Crippen LogP contribution in [0.3, 0.4) is 0 Å². The van der Waals surface area contributed by atoms with Gasteiger partial charge in [-0.05, 0) is 39.0 Å². The van der Waals surface area contributed by atoms with Gasteiger partial charge in [-0.15, -0.1) is 0 Å². The standard InChI is InChI=1S/C23H24N2O5S/c1-4-29-17-9-10-18-19(13-17)31-23(24-18)25-20(26)11-12-21(27)30-15(3)22(28)16-7-5-14(2)6-8-16/h5-10,13,15H,4,11-12H2,1-3H3,(H,24,25,26)/t15-/m0/s1. The number of carbonyl (C=O) groups is 3. The van der Waals surface area contributed by atoms with Crippen LogP contribution in [0.4, 0.5) is 5.13 Å². The van der Waals surface area contributed by atoms with E-state index in [9.17, 15) is 14.4 Å². The molecule has 0 radical (unpaired) electrons. The van der Waals surface area contributed by atoms with E-state index in [2.05, 4.69) is 10.3 Å². The summed E-state index contributed by atoms with van der Waals surface area (Å²) in [7, 11) is 0. The highest BCUT2D eigenvalue weighted by atomic mass is 32.1. The molecule has 3 aromatic rings. The zero-order valence-corrected chi connectivity index (χ0v) is 18.5. The summed E-state index contributed by atoms with van der Waals surface area (Å²) in [6.45, 7) is 5.93. The number of nitrogens with zero attached hydrogens (tertiary/aromatic N) is 1. The molecule has 0 saturated heterocycles. The van der Waals surface area contributed by atoms with Crippen molar-refractivity contribution in [3.8, 4) is 5.75 Å². The van der Waals surface area contributed by atoms with Gasteiger partial charge in [-0.25, -0.2) is 4.98 Å². The summed E-state index contributed by atoms with van der Waals surface area (Å²) >= 11 is 1.33. The number of rotatable bonds is 9. The highest BCUT2D eigenvalue weighted by Gasteiger charge is 2.20. The van der Waals surface area contributed by atoms with E-state index in [1.54, 1.807) is 12.1 Å². The lowest BCUT2D eigenvalue weighted by Gasteiger charge is -2.12. The van der Waals surface area contributed by atoms with Gasteiger partial charge in [-0.1, -0.05) is 41.2 Å². The normalized spacial score (nSPS) is 11.7. The van der Waals surface area contributed by atoms with Crippen LogP contribution in [0.15, 0.2) is 42.5 Å². The third kappa shape index (κ3) is 6.11. The quantitative estimate of drug-likeness (QED) is 0.388. The number of hydrogen-bond acceptors (Lipinski definition) is 7. The van der Waals surface area contributed by atoms with E-state index in [1.165, 1.54) is 18.3 Å². The van der Waals surface area contributed by atoms with Gasteiger partial charge in [0.05, 0.1) is 23.2 Å². The van der Waals surface area contributed by atoms with Crippen LogP contribution in [0.5, 0.6) is 5.75 Å². The van der Waals surface area contributed by atoms with Gasteiger partial charge in [-0.2, -0.15) is 0 Å². The number of fused-ring (bicyclic) bond motifs is 1. The Hall–Kier alpha value is -3.26. The number of benzene rings is 2. The topological polar surface area (TPSA) is 94.6 Å². The molecular weight excluding hydrogens is 416 g/mol. The van der Waals surface area contributed by atoms with Gasteiger partial charge in [-0.3, -0.25) is 14.4 Å². The number of ketones is 1. The second kappa shape index (κ2) is 10.2. The number of aromatic nitrogens is 1. The van der Waals surface area contributed by atoms with Crippen molar-refractivity contribution >= 4 is 44.3 Å². The number of aryl methyl sites for hydroxylation is 1. The molecule has 1 N–H and O–H groups in total. The predicted octanol–water partition coefficient (Wildman–Crippen LogP) is 4.54. The van der Waals surface area contributed by atoms with Crippen LogP contribution < -0.4 is 10.1 Å². The Morgan fingerprint density at radius 3 is 2.55 bits per heavy atom. The summed E-state index contributed by atoms with van der Waals surface area (Å²) in [6.07, 6.45) is -1.11. The molecule has 8 heteroatoms. The molecule has 1 amide bonds. The zero-order chi connectivity index (χ0) is 22.4. The molecule has 2 aromatic carbocycles. The summed E-state index contributed by atoms with van der Waals surface area (Å²) in [4.78, 5) is 41.0. The lowest BCUT2D eigenvalue weighted by Crippen LogP contribution is -2.25. The van der Waals surface area contributed by atoms with E-state index < -0.39 is 12.1 Å². The fraction of sp³-hybridized carbons (Fsp3) is 0.304. The molecule has 0 spiro atoms. The monoisotopic (exact) mass is 440 g/mol. The van der Waals surface area contributed by atoms with Gasteiger partial charge in [0.1, 0.15) is 5.75 Å². The van der Waals surface area contributed by atoms with Crippen molar-refractivity contribution in [2.24, 2.45) is 0 Å². The number of hydrogen-bond donors (Lipinski definition) is 1. The van der Waals surface area contributed by atoms with Gasteiger partial charge in [0.15, 0.2) is 11.2 Å². The maximum Gasteiger partial charge on any atom is 0.307 e. The lowest BCUT2D eigenvalue weighted by molar-refractivity contribution is -0.147. The van der Waals surface area contributed by atoms with Crippen molar-refractivity contribution in [2.75, 3.05) is 11.9 Å². The molecular formula is C23H24N2O5S. The summed E-state index contributed by atoms with van der Waals surface area (Å²) in [5.41, 5.74) is 2.27. The average Bonchev–Trinajstić information content (AvgIpc) is 3.14. The third-order valence-corrected chi connectivity index (χ3v) is 5.42. The maximum absolute atomic E-state index is 12.3. The van der Waals surface area contributed by atoms with E-state index in [0.717, 1.165) is 21.5 Å².